The van der Waals surface area contributed by atoms with Crippen LogP contribution in [0.1, 0.15) is 5.69 Å². The largest absolute Gasteiger partial charge is 0.475 e. The van der Waals surface area contributed by atoms with Gasteiger partial charge in [0.15, 0.2) is 11.1 Å². The number of nitrogens with zero attached hydrogens (tertiary/aromatic N) is 3. The summed E-state index contributed by atoms with van der Waals surface area (Å²) in [5.41, 5.74) is -1.92. The number of pyridine rings is 1. The molecule has 26 heavy (non-hydrogen) atoms. The monoisotopic (exact) mass is 391 g/mol. The quantitative estimate of drug-likeness (QED) is 0.719. The molecule has 0 saturated carbocycles. The van der Waals surface area contributed by atoms with Gasteiger partial charge in [-0.3, -0.25) is 9.67 Å². The standard InChI is InChI=1S/C15H16F3N3O4S/c1-21-5-9(13(20-21)15(16,17)18)7-2-8(4-19-3-7)25-14-12(24)11(23)10(22)6-26-14/h2-5,10-12,14,22-24H,6H2,1H3/t10-,11+,12-,14-/m1/s1. The van der Waals surface area contributed by atoms with Crippen molar-refractivity contribution in [1.29, 1.82) is 0 Å². The van der Waals surface area contributed by atoms with E-state index in [1.165, 1.54) is 31.7 Å². The Hall–Kier alpha value is -1.82. The zero-order valence-corrected chi connectivity index (χ0v) is 14.3. The van der Waals surface area contributed by atoms with E-state index in [9.17, 15) is 28.5 Å². The second-order valence-electron chi connectivity index (χ2n) is 5.84. The summed E-state index contributed by atoms with van der Waals surface area (Å²) in [6.45, 7) is 0. The number of aromatic nitrogens is 3. The van der Waals surface area contributed by atoms with Crippen molar-refractivity contribution in [1.82, 2.24) is 14.8 Å². The van der Waals surface area contributed by atoms with Crippen molar-refractivity contribution in [2.75, 3.05) is 5.75 Å². The average Bonchev–Trinajstić information content (AvgIpc) is 2.98. The second kappa shape index (κ2) is 7.06. The van der Waals surface area contributed by atoms with E-state index in [1.807, 2.05) is 0 Å². The van der Waals surface area contributed by atoms with E-state index in [0.29, 0.717) is 0 Å². The molecule has 1 saturated heterocycles. The predicted molar refractivity (Wildman–Crippen MR) is 86.3 cm³/mol. The minimum atomic E-state index is -4.62. The summed E-state index contributed by atoms with van der Waals surface area (Å²) < 4.78 is 46.0. The maximum absolute atomic E-state index is 13.1. The zero-order chi connectivity index (χ0) is 19.1. The smallest absolute Gasteiger partial charge is 0.435 e. The molecule has 0 aromatic carbocycles. The number of aliphatic hydroxyl groups is 3. The Morgan fingerprint density at radius 1 is 1.23 bits per heavy atom. The molecule has 0 bridgehead atoms. The molecular formula is C15H16F3N3O4S. The van der Waals surface area contributed by atoms with Gasteiger partial charge in [0.05, 0.1) is 12.3 Å². The Morgan fingerprint density at radius 3 is 2.65 bits per heavy atom. The zero-order valence-electron chi connectivity index (χ0n) is 13.5. The number of aliphatic hydroxyl groups excluding tert-OH is 3. The Balaban J connectivity index is 1.86. The lowest BCUT2D eigenvalue weighted by molar-refractivity contribution is -0.140. The first kappa shape index (κ1) is 19.0. The number of alkyl halides is 3. The summed E-state index contributed by atoms with van der Waals surface area (Å²) in [6, 6.07) is 1.35. The third-order valence-electron chi connectivity index (χ3n) is 3.83. The summed E-state index contributed by atoms with van der Waals surface area (Å²) >= 11 is 1.08. The van der Waals surface area contributed by atoms with Crippen LogP contribution < -0.4 is 4.74 Å². The molecule has 0 aliphatic carbocycles. The first-order chi connectivity index (χ1) is 12.2. The van der Waals surface area contributed by atoms with Gasteiger partial charge < -0.3 is 20.1 Å². The molecule has 4 atom stereocenters. The van der Waals surface area contributed by atoms with Crippen LogP contribution in [-0.2, 0) is 13.2 Å². The fourth-order valence-corrected chi connectivity index (χ4v) is 3.68. The highest BCUT2D eigenvalue weighted by Crippen LogP contribution is 2.37. The number of hydrogen-bond acceptors (Lipinski definition) is 7. The topological polar surface area (TPSA) is 101 Å². The van der Waals surface area contributed by atoms with Gasteiger partial charge in [-0.2, -0.15) is 18.3 Å². The van der Waals surface area contributed by atoms with E-state index < -0.39 is 35.6 Å². The highest BCUT2D eigenvalue weighted by atomic mass is 32.2. The van der Waals surface area contributed by atoms with Crippen molar-refractivity contribution < 1.29 is 33.2 Å². The average molecular weight is 391 g/mol. The third kappa shape index (κ3) is 3.80. The Bertz CT molecular complexity index is 786. The molecule has 7 nitrogen and oxygen atoms in total. The number of ether oxygens (including phenoxy) is 1. The fourth-order valence-electron chi connectivity index (χ4n) is 2.56. The number of rotatable bonds is 3. The lowest BCUT2D eigenvalue weighted by Gasteiger charge is -2.34. The van der Waals surface area contributed by atoms with Crippen molar-refractivity contribution >= 4 is 11.8 Å². The summed E-state index contributed by atoms with van der Waals surface area (Å²) in [6.07, 6.45) is -4.65. The van der Waals surface area contributed by atoms with Gasteiger partial charge in [0.1, 0.15) is 18.0 Å². The van der Waals surface area contributed by atoms with Gasteiger partial charge in [-0.05, 0) is 6.07 Å². The highest BCUT2D eigenvalue weighted by molar-refractivity contribution is 7.99. The lowest BCUT2D eigenvalue weighted by atomic mass is 10.1. The summed E-state index contributed by atoms with van der Waals surface area (Å²) in [4.78, 5) is 3.89. The van der Waals surface area contributed by atoms with Crippen LogP contribution in [0.5, 0.6) is 5.75 Å². The molecule has 3 heterocycles. The SMILES string of the molecule is Cn1cc(-c2cncc(O[C@@H]3SC[C@@H](O)[C@H](O)[C@H]3O)c2)c(C(F)(F)F)n1. The molecule has 1 aliphatic rings. The predicted octanol–water partition coefficient (Wildman–Crippen LogP) is 1.04. The van der Waals surface area contributed by atoms with Gasteiger partial charge >= 0.3 is 6.18 Å². The van der Waals surface area contributed by atoms with Crippen LogP contribution in [0.15, 0.2) is 24.7 Å². The van der Waals surface area contributed by atoms with Crippen LogP contribution >= 0.6 is 11.8 Å². The molecule has 0 unspecified atom stereocenters. The molecule has 2 aromatic rings. The minimum Gasteiger partial charge on any atom is -0.475 e. The van der Waals surface area contributed by atoms with E-state index in [0.717, 1.165) is 16.4 Å². The van der Waals surface area contributed by atoms with Crippen LogP contribution in [0.2, 0.25) is 0 Å². The Morgan fingerprint density at radius 2 is 1.96 bits per heavy atom. The fraction of sp³-hybridized carbons (Fsp3) is 0.467. The molecule has 3 N–H and O–H groups in total. The number of aryl methyl sites for hydroxylation is 1. The summed E-state index contributed by atoms with van der Waals surface area (Å²) in [5.74, 6) is 0.274. The van der Waals surface area contributed by atoms with Crippen LogP contribution in [0.3, 0.4) is 0 Å². The summed E-state index contributed by atoms with van der Waals surface area (Å²) in [7, 11) is 1.38. The molecule has 142 valence electrons. The summed E-state index contributed by atoms with van der Waals surface area (Å²) in [5, 5.41) is 32.7. The molecule has 11 heteroatoms. The van der Waals surface area contributed by atoms with Crippen molar-refractivity contribution in [2.45, 2.75) is 29.9 Å². The number of thioether (sulfide) groups is 1. The van der Waals surface area contributed by atoms with Crippen molar-refractivity contribution in [3.05, 3.63) is 30.4 Å². The van der Waals surface area contributed by atoms with Crippen molar-refractivity contribution in [3.8, 4) is 16.9 Å². The number of hydrogen-bond donors (Lipinski definition) is 3. The lowest BCUT2D eigenvalue weighted by Crippen LogP contribution is -2.50. The molecule has 2 aromatic heterocycles. The third-order valence-corrected chi connectivity index (χ3v) is 5.07. The van der Waals surface area contributed by atoms with E-state index in [1.54, 1.807) is 0 Å². The second-order valence-corrected chi connectivity index (χ2v) is 6.97. The van der Waals surface area contributed by atoms with Crippen LogP contribution in [0.25, 0.3) is 11.1 Å². The van der Waals surface area contributed by atoms with Gasteiger partial charge in [0.2, 0.25) is 0 Å². The maximum Gasteiger partial charge on any atom is 0.435 e. The van der Waals surface area contributed by atoms with Gasteiger partial charge in [0, 0.05) is 36.3 Å². The van der Waals surface area contributed by atoms with E-state index in [2.05, 4.69) is 10.1 Å². The van der Waals surface area contributed by atoms with Gasteiger partial charge in [-0.15, -0.1) is 11.8 Å². The van der Waals surface area contributed by atoms with Gasteiger partial charge in [-0.1, -0.05) is 0 Å². The first-order valence-corrected chi connectivity index (χ1v) is 8.60. The molecule has 1 fully saturated rings. The first-order valence-electron chi connectivity index (χ1n) is 7.55. The highest BCUT2D eigenvalue weighted by Gasteiger charge is 2.39. The van der Waals surface area contributed by atoms with E-state index >= 15 is 0 Å². The number of halogens is 3. The maximum atomic E-state index is 13.1. The normalized spacial score (nSPS) is 26.7. The van der Waals surface area contributed by atoms with E-state index in [4.69, 9.17) is 4.74 Å². The van der Waals surface area contributed by atoms with Crippen molar-refractivity contribution in [2.24, 2.45) is 7.05 Å². The van der Waals surface area contributed by atoms with Gasteiger partial charge in [0.25, 0.3) is 0 Å². The Labute approximate surface area is 150 Å². The van der Waals surface area contributed by atoms with Crippen LogP contribution in [0, 0.1) is 0 Å². The van der Waals surface area contributed by atoms with Crippen molar-refractivity contribution in [3.63, 3.8) is 0 Å². The molecule has 0 spiro atoms. The van der Waals surface area contributed by atoms with Gasteiger partial charge in [-0.25, -0.2) is 0 Å². The molecular weight excluding hydrogens is 375 g/mol. The van der Waals surface area contributed by atoms with Crippen LogP contribution in [0.4, 0.5) is 13.2 Å². The Kier molecular flexibility index (Phi) is 5.15. The molecule has 1 aliphatic heterocycles. The van der Waals surface area contributed by atoms with E-state index in [-0.39, 0.29) is 22.6 Å². The minimum absolute atomic E-state index is 0.125. The van der Waals surface area contributed by atoms with Crippen LogP contribution in [-0.4, -0.2) is 59.6 Å². The molecule has 0 radical (unpaired) electrons. The molecule has 0 amide bonds. The molecule has 3 rings (SSSR count).